The van der Waals surface area contributed by atoms with Crippen molar-refractivity contribution in [3.63, 3.8) is 0 Å². The SMILES string of the molecule is CCNc1cccnc1S(=O)(=O)NCC1CCSCC1. The van der Waals surface area contributed by atoms with Gasteiger partial charge in [-0.15, -0.1) is 0 Å². The van der Waals surface area contributed by atoms with E-state index in [0.717, 1.165) is 24.3 Å². The number of anilines is 1. The van der Waals surface area contributed by atoms with Crippen LogP contribution in [0.3, 0.4) is 0 Å². The first kappa shape index (κ1) is 15.6. The normalized spacial score (nSPS) is 17.1. The largest absolute Gasteiger partial charge is 0.383 e. The van der Waals surface area contributed by atoms with Crippen LogP contribution in [0.15, 0.2) is 23.4 Å². The van der Waals surface area contributed by atoms with Gasteiger partial charge in [-0.1, -0.05) is 0 Å². The molecule has 5 nitrogen and oxygen atoms in total. The van der Waals surface area contributed by atoms with Gasteiger partial charge in [-0.2, -0.15) is 11.8 Å². The molecule has 7 heteroatoms. The summed E-state index contributed by atoms with van der Waals surface area (Å²) in [5.74, 6) is 2.69. The summed E-state index contributed by atoms with van der Waals surface area (Å²) in [5.41, 5.74) is 0.557. The first-order chi connectivity index (χ1) is 9.63. The molecule has 1 fully saturated rings. The number of nitrogens with one attached hydrogen (secondary N) is 2. The summed E-state index contributed by atoms with van der Waals surface area (Å²) in [4.78, 5) is 4.02. The molecular weight excluding hydrogens is 294 g/mol. The highest BCUT2D eigenvalue weighted by Gasteiger charge is 2.22. The number of rotatable bonds is 6. The van der Waals surface area contributed by atoms with E-state index in [0.29, 0.717) is 24.7 Å². The van der Waals surface area contributed by atoms with Gasteiger partial charge in [0.15, 0.2) is 5.03 Å². The predicted octanol–water partition coefficient (Wildman–Crippen LogP) is 1.93. The molecule has 0 radical (unpaired) electrons. The third-order valence-electron chi connectivity index (χ3n) is 3.30. The molecule has 1 aliphatic rings. The standard InChI is InChI=1S/C13H21N3O2S2/c1-2-14-12-4-3-7-15-13(12)20(17,18)16-10-11-5-8-19-9-6-11/h3-4,7,11,14,16H,2,5-6,8-10H2,1H3. The van der Waals surface area contributed by atoms with Crippen molar-refractivity contribution in [2.75, 3.05) is 29.9 Å². The Labute approximate surface area is 125 Å². The second-order valence-corrected chi connectivity index (χ2v) is 7.70. The Morgan fingerprint density at radius 2 is 2.15 bits per heavy atom. The van der Waals surface area contributed by atoms with Gasteiger partial charge in [-0.25, -0.2) is 18.1 Å². The third-order valence-corrected chi connectivity index (χ3v) is 5.73. The molecule has 112 valence electrons. The number of nitrogens with zero attached hydrogens (tertiary/aromatic N) is 1. The fraction of sp³-hybridized carbons (Fsp3) is 0.615. The molecular formula is C13H21N3O2S2. The highest BCUT2D eigenvalue weighted by Crippen LogP contribution is 2.23. The molecule has 1 aliphatic heterocycles. The summed E-state index contributed by atoms with van der Waals surface area (Å²) in [7, 11) is -3.54. The van der Waals surface area contributed by atoms with E-state index in [-0.39, 0.29) is 5.03 Å². The zero-order chi connectivity index (χ0) is 14.4. The first-order valence-electron chi connectivity index (χ1n) is 6.90. The number of sulfonamides is 1. The van der Waals surface area contributed by atoms with Gasteiger partial charge < -0.3 is 5.32 Å². The zero-order valence-electron chi connectivity index (χ0n) is 11.6. The van der Waals surface area contributed by atoms with Crippen molar-refractivity contribution < 1.29 is 8.42 Å². The molecule has 2 rings (SSSR count). The van der Waals surface area contributed by atoms with Crippen LogP contribution in [0.2, 0.25) is 0 Å². The zero-order valence-corrected chi connectivity index (χ0v) is 13.3. The molecule has 1 aromatic heterocycles. The maximum Gasteiger partial charge on any atom is 0.260 e. The molecule has 20 heavy (non-hydrogen) atoms. The van der Waals surface area contributed by atoms with E-state index < -0.39 is 10.0 Å². The highest BCUT2D eigenvalue weighted by molar-refractivity contribution is 7.99. The Balaban J connectivity index is 2.05. The molecule has 0 bridgehead atoms. The van der Waals surface area contributed by atoms with Gasteiger partial charge in [0.25, 0.3) is 10.0 Å². The quantitative estimate of drug-likeness (QED) is 0.839. The van der Waals surface area contributed by atoms with E-state index in [4.69, 9.17) is 0 Å². The van der Waals surface area contributed by atoms with Crippen molar-refractivity contribution in [2.45, 2.75) is 24.8 Å². The van der Waals surface area contributed by atoms with Crippen LogP contribution < -0.4 is 10.0 Å². The predicted molar refractivity (Wildman–Crippen MR) is 83.6 cm³/mol. The average Bonchev–Trinajstić information content (AvgIpc) is 2.47. The number of hydrogen-bond donors (Lipinski definition) is 2. The molecule has 0 unspecified atom stereocenters. The second kappa shape index (κ2) is 7.28. The lowest BCUT2D eigenvalue weighted by Crippen LogP contribution is -2.32. The summed E-state index contributed by atoms with van der Waals surface area (Å²) in [6, 6.07) is 3.47. The van der Waals surface area contributed by atoms with Crippen LogP contribution in [0.25, 0.3) is 0 Å². The van der Waals surface area contributed by atoms with Crippen molar-refractivity contribution in [3.05, 3.63) is 18.3 Å². The second-order valence-electron chi connectivity index (χ2n) is 4.79. The van der Waals surface area contributed by atoms with Gasteiger partial charge in [0, 0.05) is 19.3 Å². The van der Waals surface area contributed by atoms with Crippen LogP contribution in [0, 0.1) is 5.92 Å². The van der Waals surface area contributed by atoms with E-state index in [2.05, 4.69) is 15.0 Å². The summed E-state index contributed by atoms with van der Waals surface area (Å²) in [5, 5.41) is 3.13. The Morgan fingerprint density at radius 1 is 1.40 bits per heavy atom. The minimum absolute atomic E-state index is 0.0898. The molecule has 0 aromatic carbocycles. The van der Waals surface area contributed by atoms with Gasteiger partial charge >= 0.3 is 0 Å². The number of aromatic nitrogens is 1. The van der Waals surface area contributed by atoms with Crippen molar-refractivity contribution >= 4 is 27.5 Å². The van der Waals surface area contributed by atoms with Crippen LogP contribution in [-0.2, 0) is 10.0 Å². The Morgan fingerprint density at radius 3 is 2.85 bits per heavy atom. The van der Waals surface area contributed by atoms with Gasteiger partial charge in [0.2, 0.25) is 0 Å². The number of hydrogen-bond acceptors (Lipinski definition) is 5. The van der Waals surface area contributed by atoms with Crippen LogP contribution in [-0.4, -0.2) is 38.0 Å². The number of pyridine rings is 1. The van der Waals surface area contributed by atoms with E-state index in [1.165, 1.54) is 6.20 Å². The fourth-order valence-electron chi connectivity index (χ4n) is 2.18. The lowest BCUT2D eigenvalue weighted by atomic mass is 10.0. The lowest BCUT2D eigenvalue weighted by Gasteiger charge is -2.21. The van der Waals surface area contributed by atoms with Crippen LogP contribution in [0.5, 0.6) is 0 Å². The minimum atomic E-state index is -3.54. The van der Waals surface area contributed by atoms with E-state index in [9.17, 15) is 8.42 Å². The van der Waals surface area contributed by atoms with Crippen LogP contribution >= 0.6 is 11.8 Å². The molecule has 0 saturated carbocycles. The third kappa shape index (κ3) is 4.10. The van der Waals surface area contributed by atoms with Crippen molar-refractivity contribution in [2.24, 2.45) is 5.92 Å². The Hall–Kier alpha value is -0.790. The summed E-state index contributed by atoms with van der Waals surface area (Å²) < 4.78 is 27.4. The molecule has 0 amide bonds. The molecule has 0 aliphatic carbocycles. The summed E-state index contributed by atoms with van der Waals surface area (Å²) in [6.07, 6.45) is 3.66. The number of thioether (sulfide) groups is 1. The monoisotopic (exact) mass is 315 g/mol. The van der Waals surface area contributed by atoms with Gasteiger partial charge in [-0.05, 0) is 49.3 Å². The van der Waals surface area contributed by atoms with Crippen LogP contribution in [0.4, 0.5) is 5.69 Å². The molecule has 0 atom stereocenters. The molecule has 1 aromatic rings. The van der Waals surface area contributed by atoms with Gasteiger partial charge in [0.1, 0.15) is 0 Å². The van der Waals surface area contributed by atoms with Crippen LogP contribution in [0.1, 0.15) is 19.8 Å². The van der Waals surface area contributed by atoms with Crippen molar-refractivity contribution in [1.82, 2.24) is 9.71 Å². The Bertz CT molecular complexity index is 528. The maximum atomic E-state index is 12.4. The smallest absolute Gasteiger partial charge is 0.260 e. The molecule has 2 heterocycles. The molecule has 2 N–H and O–H groups in total. The van der Waals surface area contributed by atoms with E-state index in [1.54, 1.807) is 12.1 Å². The van der Waals surface area contributed by atoms with Gasteiger partial charge in [0.05, 0.1) is 5.69 Å². The summed E-state index contributed by atoms with van der Waals surface area (Å²) >= 11 is 1.94. The maximum absolute atomic E-state index is 12.4. The fourth-order valence-corrected chi connectivity index (χ4v) is 4.60. The van der Waals surface area contributed by atoms with Crippen molar-refractivity contribution in [3.8, 4) is 0 Å². The van der Waals surface area contributed by atoms with Gasteiger partial charge in [-0.3, -0.25) is 0 Å². The molecule has 1 saturated heterocycles. The Kier molecular flexibility index (Phi) is 5.68. The average molecular weight is 315 g/mol. The topological polar surface area (TPSA) is 71.1 Å². The van der Waals surface area contributed by atoms with E-state index in [1.807, 2.05) is 18.7 Å². The minimum Gasteiger partial charge on any atom is -0.383 e. The highest BCUT2D eigenvalue weighted by atomic mass is 32.2. The first-order valence-corrected chi connectivity index (χ1v) is 9.53. The lowest BCUT2D eigenvalue weighted by molar-refractivity contribution is 0.476. The van der Waals surface area contributed by atoms with E-state index >= 15 is 0 Å². The van der Waals surface area contributed by atoms with Crippen molar-refractivity contribution in [1.29, 1.82) is 0 Å². The summed E-state index contributed by atoms with van der Waals surface area (Å²) in [6.45, 7) is 3.09. The molecule has 0 spiro atoms.